The summed E-state index contributed by atoms with van der Waals surface area (Å²) in [5.41, 5.74) is 0. The van der Waals surface area contributed by atoms with Crippen LogP contribution >= 0.6 is 0 Å². The molecule has 0 radical (unpaired) electrons. The van der Waals surface area contributed by atoms with Gasteiger partial charge < -0.3 is 10.6 Å². The largest absolute Gasteiger partial charge is 0.356 e. The van der Waals surface area contributed by atoms with Crippen LogP contribution in [0, 0.1) is 0 Å². The fourth-order valence-electron chi connectivity index (χ4n) is 13.3. The van der Waals surface area contributed by atoms with Gasteiger partial charge in [0.15, 0.2) is 0 Å². The fourth-order valence-corrected chi connectivity index (χ4v) is 13.3. The first-order chi connectivity index (χ1) is 41.7. The van der Waals surface area contributed by atoms with Gasteiger partial charge in [-0.25, -0.2) is 0 Å². The van der Waals surface area contributed by atoms with Gasteiger partial charge >= 0.3 is 0 Å². The fraction of sp³-hybridized carbons (Fsp3) is 0.975. The Bertz CT molecular complexity index is 1100. The molecule has 0 rings (SSSR count). The van der Waals surface area contributed by atoms with E-state index in [1.165, 1.54) is 424 Å². The number of carbonyl (C=O) groups excluding carboxylic acids is 2. The van der Waals surface area contributed by atoms with Crippen molar-refractivity contribution in [3.05, 3.63) is 0 Å². The highest BCUT2D eigenvalue weighted by atomic mass is 16.2. The normalized spacial score (nSPS) is 11.6. The summed E-state index contributed by atoms with van der Waals surface area (Å²) in [5.74, 6) is 0.463. The molecule has 0 atom stereocenters. The molecule has 0 aliphatic carbocycles. The molecule has 0 saturated heterocycles. The topological polar surface area (TPSA) is 58.2 Å². The smallest absolute Gasteiger partial charge is 0.219 e. The molecule has 4 nitrogen and oxygen atoms in total. The first-order valence-corrected chi connectivity index (χ1v) is 40.2. The van der Waals surface area contributed by atoms with E-state index in [1.54, 1.807) is 0 Å². The molecule has 0 fully saturated rings. The van der Waals surface area contributed by atoms with E-state index in [4.69, 9.17) is 0 Å². The van der Waals surface area contributed by atoms with Crippen molar-refractivity contribution in [2.45, 2.75) is 489 Å². The molecule has 0 bridgehead atoms. The maximum Gasteiger partial charge on any atom is 0.219 e. The van der Waals surface area contributed by atoms with Crippen molar-refractivity contribution in [3.8, 4) is 0 Å². The highest BCUT2D eigenvalue weighted by Crippen LogP contribution is 2.21. The summed E-state index contributed by atoms with van der Waals surface area (Å²) in [6.45, 7) is 6.21. The van der Waals surface area contributed by atoms with Crippen LogP contribution in [0.25, 0.3) is 0 Å². The Labute approximate surface area is 531 Å². The van der Waals surface area contributed by atoms with Crippen LogP contribution in [0.3, 0.4) is 0 Å². The third-order valence-electron chi connectivity index (χ3n) is 19.3. The molecule has 0 heterocycles. The van der Waals surface area contributed by atoms with E-state index in [-0.39, 0.29) is 11.8 Å². The lowest BCUT2D eigenvalue weighted by molar-refractivity contribution is -0.122. The minimum absolute atomic E-state index is 0.232. The SMILES string of the molecule is CCCCCCCCCCCCCCCCCCCCCCCCCCCCCCCCCCCCC(=O)NCCCCCCNC(=O)CCCCCCCCCCCCCCCCCCCCCCCCCCCCCCCCCCCC. The van der Waals surface area contributed by atoms with Gasteiger partial charge in [-0.1, -0.05) is 450 Å². The number of nitrogens with one attached hydrogen (secondary N) is 2. The second-order valence-corrected chi connectivity index (χ2v) is 27.9. The average molecular weight is 1180 g/mol. The molecular formula is C80H160N2O2. The molecule has 84 heavy (non-hydrogen) atoms. The van der Waals surface area contributed by atoms with E-state index < -0.39 is 0 Å². The summed E-state index contributed by atoms with van der Waals surface area (Å²) < 4.78 is 0. The van der Waals surface area contributed by atoms with Crippen LogP contribution in [0.5, 0.6) is 0 Å². The Balaban J connectivity index is 3.20. The Morgan fingerprint density at radius 3 is 0.393 bits per heavy atom. The second-order valence-electron chi connectivity index (χ2n) is 27.9. The Morgan fingerprint density at radius 2 is 0.262 bits per heavy atom. The standard InChI is InChI=1S/C80H160N2O2/c1-3-5-7-9-11-13-15-17-19-21-23-25-27-29-31-33-35-37-39-41-43-45-47-49-51-53-55-57-59-61-63-65-67-71-75-79(83)81-77-73-69-70-74-78-82-80(84)76-72-68-66-64-62-60-58-56-54-52-50-48-46-44-42-40-38-36-34-32-30-28-26-24-22-20-18-16-14-12-10-8-6-4-2/h3-78H2,1-2H3,(H,81,83)(H,82,84). The highest BCUT2D eigenvalue weighted by molar-refractivity contribution is 5.76. The van der Waals surface area contributed by atoms with Crippen LogP contribution in [-0.4, -0.2) is 24.9 Å². The van der Waals surface area contributed by atoms with Gasteiger partial charge in [-0.2, -0.15) is 0 Å². The van der Waals surface area contributed by atoms with Crippen molar-refractivity contribution in [1.29, 1.82) is 0 Å². The van der Waals surface area contributed by atoms with Crippen LogP contribution in [0.1, 0.15) is 489 Å². The molecule has 0 unspecified atom stereocenters. The van der Waals surface area contributed by atoms with Crippen molar-refractivity contribution < 1.29 is 9.59 Å². The molecule has 0 spiro atoms. The lowest BCUT2D eigenvalue weighted by atomic mass is 10.0. The molecule has 4 heteroatoms. The average Bonchev–Trinajstić information content (AvgIpc) is 3.50. The predicted molar refractivity (Wildman–Crippen MR) is 379 cm³/mol. The first-order valence-electron chi connectivity index (χ1n) is 40.2. The van der Waals surface area contributed by atoms with Crippen molar-refractivity contribution in [1.82, 2.24) is 10.6 Å². The van der Waals surface area contributed by atoms with Gasteiger partial charge in [-0.3, -0.25) is 9.59 Å². The van der Waals surface area contributed by atoms with Gasteiger partial charge in [-0.05, 0) is 25.7 Å². The third-order valence-corrected chi connectivity index (χ3v) is 19.3. The van der Waals surface area contributed by atoms with Crippen molar-refractivity contribution in [2.75, 3.05) is 13.1 Å². The number of amides is 2. The number of rotatable bonds is 77. The van der Waals surface area contributed by atoms with Crippen LogP contribution in [0.15, 0.2) is 0 Å². The predicted octanol–water partition coefficient (Wildman–Crippen LogP) is 28.1. The van der Waals surface area contributed by atoms with E-state index in [9.17, 15) is 9.59 Å². The minimum atomic E-state index is 0.232. The molecule has 2 amide bonds. The molecule has 0 aromatic heterocycles. The van der Waals surface area contributed by atoms with E-state index in [0.717, 1.165) is 51.6 Å². The van der Waals surface area contributed by atoms with Crippen LogP contribution in [0.2, 0.25) is 0 Å². The summed E-state index contributed by atoms with van der Waals surface area (Å²) in [7, 11) is 0. The van der Waals surface area contributed by atoms with E-state index >= 15 is 0 Å². The zero-order valence-electron chi connectivity index (χ0n) is 58.6. The van der Waals surface area contributed by atoms with Gasteiger partial charge in [0.2, 0.25) is 11.8 Å². The second kappa shape index (κ2) is 78.0. The van der Waals surface area contributed by atoms with Crippen LogP contribution in [0.4, 0.5) is 0 Å². The molecule has 0 aromatic rings. The molecule has 0 aromatic carbocycles. The molecule has 0 saturated carbocycles. The lowest BCUT2D eigenvalue weighted by Gasteiger charge is -2.07. The van der Waals surface area contributed by atoms with Crippen molar-refractivity contribution in [2.24, 2.45) is 0 Å². The van der Waals surface area contributed by atoms with E-state index in [0.29, 0.717) is 12.8 Å². The summed E-state index contributed by atoms with van der Waals surface area (Å²) >= 11 is 0. The van der Waals surface area contributed by atoms with Gasteiger partial charge in [0, 0.05) is 25.9 Å². The summed E-state index contributed by atoms with van der Waals surface area (Å²) in [6, 6.07) is 0. The van der Waals surface area contributed by atoms with Crippen LogP contribution in [-0.2, 0) is 9.59 Å². The molecule has 502 valence electrons. The van der Waals surface area contributed by atoms with Gasteiger partial charge in [-0.15, -0.1) is 0 Å². The van der Waals surface area contributed by atoms with Gasteiger partial charge in [0.05, 0.1) is 0 Å². The Morgan fingerprint density at radius 1 is 0.155 bits per heavy atom. The first kappa shape index (κ1) is 82.9. The maximum atomic E-state index is 12.3. The molecule has 2 N–H and O–H groups in total. The summed E-state index contributed by atoms with van der Waals surface area (Å²) in [4.78, 5) is 24.6. The van der Waals surface area contributed by atoms with Crippen molar-refractivity contribution in [3.63, 3.8) is 0 Å². The zero-order chi connectivity index (χ0) is 60.3. The third kappa shape index (κ3) is 77.0. The lowest BCUT2D eigenvalue weighted by Crippen LogP contribution is -2.24. The molecule has 0 aliphatic rings. The Hall–Kier alpha value is -1.06. The molecule has 0 aliphatic heterocycles. The number of hydrogen-bond donors (Lipinski definition) is 2. The number of unbranched alkanes of at least 4 members (excludes halogenated alkanes) is 69. The Kier molecular flexibility index (Phi) is 77.1. The number of hydrogen-bond acceptors (Lipinski definition) is 2. The van der Waals surface area contributed by atoms with Gasteiger partial charge in [0.25, 0.3) is 0 Å². The monoisotopic (exact) mass is 1180 g/mol. The number of carbonyl (C=O) groups is 2. The molecular weight excluding hydrogens is 1020 g/mol. The van der Waals surface area contributed by atoms with E-state index in [2.05, 4.69) is 24.5 Å². The maximum absolute atomic E-state index is 12.3. The van der Waals surface area contributed by atoms with Crippen molar-refractivity contribution >= 4 is 11.8 Å². The van der Waals surface area contributed by atoms with E-state index in [1.807, 2.05) is 0 Å². The summed E-state index contributed by atoms with van der Waals surface area (Å²) in [6.07, 6.45) is 103. The van der Waals surface area contributed by atoms with Gasteiger partial charge in [0.1, 0.15) is 0 Å². The summed E-state index contributed by atoms with van der Waals surface area (Å²) in [5, 5.41) is 6.27. The minimum Gasteiger partial charge on any atom is -0.356 e. The van der Waals surface area contributed by atoms with Crippen LogP contribution < -0.4 is 10.6 Å². The highest BCUT2D eigenvalue weighted by Gasteiger charge is 2.05. The quantitative estimate of drug-likeness (QED) is 0.0596. The zero-order valence-corrected chi connectivity index (χ0v) is 58.6.